The first-order valence-corrected chi connectivity index (χ1v) is 11.8. The Morgan fingerprint density at radius 2 is 2.09 bits per heavy atom. The number of hydrogen-bond donors (Lipinski definition) is 2. The van der Waals surface area contributed by atoms with Crippen molar-refractivity contribution in [1.82, 2.24) is 25.3 Å². The lowest BCUT2D eigenvalue weighted by molar-refractivity contribution is 0.0948. The average molecular weight is 461 g/mol. The van der Waals surface area contributed by atoms with Crippen LogP contribution in [-0.4, -0.2) is 32.4 Å². The van der Waals surface area contributed by atoms with Crippen molar-refractivity contribution in [2.45, 2.75) is 32.4 Å². The Labute approximate surface area is 195 Å². The molecule has 4 heterocycles. The van der Waals surface area contributed by atoms with Crippen LogP contribution in [-0.2, 0) is 6.54 Å². The van der Waals surface area contributed by atoms with E-state index in [0.717, 1.165) is 28.1 Å². The van der Waals surface area contributed by atoms with E-state index in [4.69, 9.17) is 4.74 Å². The fourth-order valence-corrected chi connectivity index (χ4v) is 4.15. The molecular weight excluding hydrogens is 436 g/mol. The van der Waals surface area contributed by atoms with Gasteiger partial charge in [0.05, 0.1) is 28.6 Å². The van der Waals surface area contributed by atoms with E-state index in [1.165, 1.54) is 24.2 Å². The first-order valence-electron chi connectivity index (χ1n) is 10.9. The van der Waals surface area contributed by atoms with Crippen molar-refractivity contribution in [3.63, 3.8) is 0 Å². The standard InChI is InChI=1S/C24H24N6O2S/c1-15(18-4-2-3-10-25-18)28-24-29-19-9-11-33-22(19)21(30-24)23(31)27-13-17-7-8-20(26-12-17)32-14-16-5-6-16/h2-4,7-12,15-16H,5-6,13-14H2,1H3,(H,27,31)(H,28,29,30). The zero-order chi connectivity index (χ0) is 22.6. The summed E-state index contributed by atoms with van der Waals surface area (Å²) in [6, 6.07) is 11.3. The number of nitrogens with zero attached hydrogens (tertiary/aromatic N) is 4. The van der Waals surface area contributed by atoms with Crippen molar-refractivity contribution in [1.29, 1.82) is 0 Å². The molecule has 1 atom stereocenters. The molecule has 0 bridgehead atoms. The van der Waals surface area contributed by atoms with Crippen molar-refractivity contribution in [2.24, 2.45) is 5.92 Å². The van der Waals surface area contributed by atoms with Gasteiger partial charge in [0.1, 0.15) is 0 Å². The molecule has 1 fully saturated rings. The number of rotatable bonds is 9. The van der Waals surface area contributed by atoms with Crippen molar-refractivity contribution < 1.29 is 9.53 Å². The number of ether oxygens (including phenoxy) is 1. The molecule has 0 spiro atoms. The third-order valence-corrected chi connectivity index (χ3v) is 6.32. The molecule has 2 N–H and O–H groups in total. The van der Waals surface area contributed by atoms with Crippen LogP contribution < -0.4 is 15.4 Å². The summed E-state index contributed by atoms with van der Waals surface area (Å²) in [7, 11) is 0. The van der Waals surface area contributed by atoms with Gasteiger partial charge in [-0.1, -0.05) is 12.1 Å². The van der Waals surface area contributed by atoms with E-state index in [2.05, 4.69) is 30.6 Å². The van der Waals surface area contributed by atoms with Gasteiger partial charge >= 0.3 is 0 Å². The van der Waals surface area contributed by atoms with E-state index in [1.807, 2.05) is 48.7 Å². The molecule has 4 aromatic rings. The molecule has 0 saturated heterocycles. The van der Waals surface area contributed by atoms with Crippen molar-refractivity contribution >= 4 is 33.4 Å². The molecule has 0 aromatic carbocycles. The van der Waals surface area contributed by atoms with Gasteiger partial charge in [0.15, 0.2) is 5.69 Å². The van der Waals surface area contributed by atoms with Crippen LogP contribution in [0.2, 0.25) is 0 Å². The van der Waals surface area contributed by atoms with E-state index in [0.29, 0.717) is 30.0 Å². The Bertz CT molecular complexity index is 1240. The second-order valence-electron chi connectivity index (χ2n) is 8.09. The molecule has 9 heteroatoms. The van der Waals surface area contributed by atoms with Gasteiger partial charge in [-0.3, -0.25) is 9.78 Å². The van der Waals surface area contributed by atoms with Gasteiger partial charge in [0.2, 0.25) is 11.8 Å². The van der Waals surface area contributed by atoms with Crippen LogP contribution in [0.25, 0.3) is 10.2 Å². The van der Waals surface area contributed by atoms with Crippen molar-refractivity contribution in [2.75, 3.05) is 11.9 Å². The lowest BCUT2D eigenvalue weighted by Crippen LogP contribution is -2.25. The highest BCUT2D eigenvalue weighted by molar-refractivity contribution is 7.17. The molecule has 4 aromatic heterocycles. The predicted molar refractivity (Wildman–Crippen MR) is 127 cm³/mol. The summed E-state index contributed by atoms with van der Waals surface area (Å²) >= 11 is 1.45. The third kappa shape index (κ3) is 5.25. The first-order chi connectivity index (χ1) is 16.2. The Balaban J connectivity index is 1.27. The van der Waals surface area contributed by atoms with E-state index < -0.39 is 0 Å². The molecule has 1 unspecified atom stereocenters. The zero-order valence-electron chi connectivity index (χ0n) is 18.2. The summed E-state index contributed by atoms with van der Waals surface area (Å²) in [5, 5.41) is 8.11. The van der Waals surface area contributed by atoms with Gasteiger partial charge in [-0.05, 0) is 54.8 Å². The fourth-order valence-electron chi connectivity index (χ4n) is 3.34. The minimum absolute atomic E-state index is 0.107. The SMILES string of the molecule is CC(Nc1nc(C(=O)NCc2ccc(OCC3CC3)nc2)c2sccc2n1)c1ccccn1. The van der Waals surface area contributed by atoms with Gasteiger partial charge in [0.25, 0.3) is 5.91 Å². The number of carbonyl (C=O) groups excluding carboxylic acids is 1. The maximum absolute atomic E-state index is 13.0. The Morgan fingerprint density at radius 3 is 2.85 bits per heavy atom. The van der Waals surface area contributed by atoms with Gasteiger partial charge in [-0.2, -0.15) is 0 Å². The molecule has 168 valence electrons. The Kier molecular flexibility index (Phi) is 6.12. The van der Waals surface area contributed by atoms with Gasteiger partial charge in [-0.15, -0.1) is 11.3 Å². The summed E-state index contributed by atoms with van der Waals surface area (Å²) < 4.78 is 6.43. The highest BCUT2D eigenvalue weighted by Gasteiger charge is 2.22. The van der Waals surface area contributed by atoms with E-state index in [1.54, 1.807) is 12.4 Å². The number of amides is 1. The second-order valence-corrected chi connectivity index (χ2v) is 9.01. The molecular formula is C24H24N6O2S. The monoisotopic (exact) mass is 460 g/mol. The smallest absolute Gasteiger partial charge is 0.271 e. The highest BCUT2D eigenvalue weighted by atomic mass is 32.1. The lowest BCUT2D eigenvalue weighted by Gasteiger charge is -2.14. The molecule has 1 saturated carbocycles. The van der Waals surface area contributed by atoms with Crippen molar-refractivity contribution in [3.8, 4) is 5.88 Å². The largest absolute Gasteiger partial charge is 0.477 e. The quantitative estimate of drug-likeness (QED) is 0.382. The van der Waals surface area contributed by atoms with E-state index in [9.17, 15) is 4.79 Å². The van der Waals surface area contributed by atoms with E-state index >= 15 is 0 Å². The molecule has 1 aliphatic rings. The number of nitrogens with one attached hydrogen (secondary N) is 2. The Hall–Kier alpha value is -3.59. The van der Waals surface area contributed by atoms with Crippen LogP contribution in [0.4, 0.5) is 5.95 Å². The topological polar surface area (TPSA) is 102 Å². The number of aromatic nitrogens is 4. The summed E-state index contributed by atoms with van der Waals surface area (Å²) in [5.74, 6) is 1.43. The van der Waals surface area contributed by atoms with Gasteiger partial charge < -0.3 is 15.4 Å². The molecule has 8 nitrogen and oxygen atoms in total. The maximum Gasteiger partial charge on any atom is 0.271 e. The van der Waals surface area contributed by atoms with Crippen LogP contribution in [0.5, 0.6) is 5.88 Å². The number of anilines is 1. The summed E-state index contributed by atoms with van der Waals surface area (Å²) in [5.41, 5.74) is 2.84. The average Bonchev–Trinajstić information content (AvgIpc) is 3.56. The minimum Gasteiger partial charge on any atom is -0.477 e. The van der Waals surface area contributed by atoms with Gasteiger partial charge in [-0.25, -0.2) is 15.0 Å². The first kappa shape index (κ1) is 21.3. The Morgan fingerprint density at radius 1 is 1.18 bits per heavy atom. The second kappa shape index (κ2) is 9.50. The molecule has 0 aliphatic heterocycles. The molecule has 33 heavy (non-hydrogen) atoms. The number of fused-ring (bicyclic) bond motifs is 1. The number of pyridine rings is 2. The summed E-state index contributed by atoms with van der Waals surface area (Å²) in [6.07, 6.45) is 5.95. The predicted octanol–water partition coefficient (Wildman–Crippen LogP) is 4.37. The van der Waals surface area contributed by atoms with E-state index in [-0.39, 0.29) is 11.9 Å². The maximum atomic E-state index is 13.0. The minimum atomic E-state index is -0.257. The number of thiophene rings is 1. The van der Waals surface area contributed by atoms with Crippen LogP contribution in [0.3, 0.4) is 0 Å². The molecule has 1 amide bonds. The lowest BCUT2D eigenvalue weighted by atomic mass is 10.2. The zero-order valence-corrected chi connectivity index (χ0v) is 19.0. The molecule has 0 radical (unpaired) electrons. The highest BCUT2D eigenvalue weighted by Crippen LogP contribution is 2.29. The number of hydrogen-bond acceptors (Lipinski definition) is 8. The van der Waals surface area contributed by atoms with Crippen LogP contribution in [0.1, 0.15) is 47.6 Å². The fraction of sp³-hybridized carbons (Fsp3) is 0.292. The normalized spacial score (nSPS) is 14.1. The van der Waals surface area contributed by atoms with Crippen molar-refractivity contribution in [3.05, 3.63) is 71.1 Å². The summed E-state index contributed by atoms with van der Waals surface area (Å²) in [6.45, 7) is 3.05. The summed E-state index contributed by atoms with van der Waals surface area (Å²) in [4.78, 5) is 30.8. The van der Waals surface area contributed by atoms with Crippen LogP contribution in [0.15, 0.2) is 54.2 Å². The molecule has 5 rings (SSSR count). The molecule has 1 aliphatic carbocycles. The van der Waals surface area contributed by atoms with Crippen LogP contribution >= 0.6 is 11.3 Å². The number of carbonyl (C=O) groups is 1. The van der Waals surface area contributed by atoms with Gasteiger partial charge in [0, 0.05) is 25.0 Å². The third-order valence-electron chi connectivity index (χ3n) is 5.41. The van der Waals surface area contributed by atoms with Crippen LogP contribution in [0, 0.1) is 5.92 Å².